The Balaban J connectivity index is 1.34. The first-order chi connectivity index (χ1) is 19.3. The van der Waals surface area contributed by atoms with E-state index in [0.717, 1.165) is 16.9 Å². The molecule has 1 saturated heterocycles. The Kier molecular flexibility index (Phi) is 10.2. The molecule has 4 aromatic rings. The Morgan fingerprint density at radius 2 is 1.21 bits per heavy atom. The average Bonchev–Trinajstić information content (AvgIpc) is 3.32. The standard InChI is InChI=1S/C33H32O4S2/c34-32(28-19-11-4-12-20-28)37-31-30(36-22-26-15-7-2-8-16-26)29(23-35-21-25-13-5-1-6-14-25)39-33(31)38-24-27-17-9-3-10-18-27/h1-20,29-31,33H,21-24H2/t29-,30-,31+,33?/m0/s1. The molecule has 0 amide bonds. The molecule has 0 aliphatic carbocycles. The van der Waals surface area contributed by atoms with Gasteiger partial charge in [-0.25, -0.2) is 4.79 Å². The number of rotatable bonds is 12. The summed E-state index contributed by atoms with van der Waals surface area (Å²) >= 11 is 3.58. The van der Waals surface area contributed by atoms with Gasteiger partial charge in [-0.05, 0) is 28.8 Å². The predicted octanol–water partition coefficient (Wildman–Crippen LogP) is 7.39. The summed E-state index contributed by atoms with van der Waals surface area (Å²) in [5.74, 6) is 0.492. The molecule has 1 aliphatic rings. The van der Waals surface area contributed by atoms with Gasteiger partial charge in [-0.2, -0.15) is 0 Å². The molecule has 0 bridgehead atoms. The molecule has 1 fully saturated rings. The molecule has 0 N–H and O–H groups in total. The van der Waals surface area contributed by atoms with Crippen molar-refractivity contribution in [1.82, 2.24) is 0 Å². The zero-order chi connectivity index (χ0) is 26.7. The van der Waals surface area contributed by atoms with Crippen molar-refractivity contribution in [3.8, 4) is 0 Å². The second kappa shape index (κ2) is 14.4. The van der Waals surface area contributed by atoms with E-state index >= 15 is 0 Å². The second-order valence-corrected chi connectivity index (χ2v) is 12.2. The first-order valence-corrected chi connectivity index (χ1v) is 15.1. The summed E-state index contributed by atoms with van der Waals surface area (Å²) in [7, 11) is 0. The van der Waals surface area contributed by atoms with Crippen LogP contribution in [-0.2, 0) is 33.2 Å². The molecule has 0 radical (unpaired) electrons. The van der Waals surface area contributed by atoms with Crippen LogP contribution in [0.5, 0.6) is 0 Å². The summed E-state index contributed by atoms with van der Waals surface area (Å²) in [6.45, 7) is 1.47. The van der Waals surface area contributed by atoms with Crippen LogP contribution in [0.2, 0.25) is 0 Å². The summed E-state index contributed by atoms with van der Waals surface area (Å²) in [5.41, 5.74) is 3.99. The molecule has 1 unspecified atom stereocenters. The summed E-state index contributed by atoms with van der Waals surface area (Å²) in [5, 5.41) is 0.0132. The lowest BCUT2D eigenvalue weighted by molar-refractivity contribution is -0.0566. The third-order valence-corrected chi connectivity index (χ3v) is 9.58. The van der Waals surface area contributed by atoms with Crippen LogP contribution in [0.15, 0.2) is 121 Å². The van der Waals surface area contributed by atoms with Crippen molar-refractivity contribution in [1.29, 1.82) is 0 Å². The van der Waals surface area contributed by atoms with Gasteiger partial charge in [-0.15, -0.1) is 23.5 Å². The molecule has 0 spiro atoms. The number of benzene rings is 4. The zero-order valence-electron chi connectivity index (χ0n) is 21.6. The third kappa shape index (κ3) is 7.99. The highest BCUT2D eigenvalue weighted by Gasteiger charge is 2.48. The fourth-order valence-corrected chi connectivity index (χ4v) is 7.61. The average molecular weight is 557 g/mol. The lowest BCUT2D eigenvalue weighted by atomic mass is 10.1. The van der Waals surface area contributed by atoms with Gasteiger partial charge in [0.2, 0.25) is 0 Å². The number of esters is 1. The minimum absolute atomic E-state index is 0.00367. The van der Waals surface area contributed by atoms with E-state index in [-0.39, 0.29) is 21.9 Å². The normalized spacial score (nSPS) is 20.5. The molecule has 0 aromatic heterocycles. The Morgan fingerprint density at radius 3 is 1.82 bits per heavy atom. The molecule has 0 saturated carbocycles. The van der Waals surface area contributed by atoms with E-state index in [4.69, 9.17) is 14.2 Å². The first-order valence-electron chi connectivity index (χ1n) is 13.1. The third-order valence-electron chi connectivity index (χ3n) is 6.46. The monoisotopic (exact) mass is 556 g/mol. The predicted molar refractivity (Wildman–Crippen MR) is 160 cm³/mol. The van der Waals surface area contributed by atoms with Crippen molar-refractivity contribution in [3.63, 3.8) is 0 Å². The van der Waals surface area contributed by atoms with E-state index in [1.807, 2.05) is 60.7 Å². The topological polar surface area (TPSA) is 44.8 Å². The van der Waals surface area contributed by atoms with Crippen molar-refractivity contribution < 1.29 is 19.0 Å². The van der Waals surface area contributed by atoms with Crippen LogP contribution >= 0.6 is 23.5 Å². The maximum atomic E-state index is 13.2. The molecule has 6 heteroatoms. The second-order valence-electron chi connectivity index (χ2n) is 9.34. The van der Waals surface area contributed by atoms with E-state index in [1.165, 1.54) is 5.56 Å². The number of hydrogen-bond donors (Lipinski definition) is 0. The van der Waals surface area contributed by atoms with Crippen LogP contribution in [0.3, 0.4) is 0 Å². The number of thioether (sulfide) groups is 2. The molecule has 1 aliphatic heterocycles. The summed E-state index contributed by atoms with van der Waals surface area (Å²) in [6, 6.07) is 39.8. The van der Waals surface area contributed by atoms with E-state index in [1.54, 1.807) is 35.7 Å². The van der Waals surface area contributed by atoms with Crippen LogP contribution in [0.4, 0.5) is 0 Å². The Morgan fingerprint density at radius 1 is 0.667 bits per heavy atom. The SMILES string of the molecule is O=C(O[C@H]1C(SCc2ccccc2)S[C@@H](COCc2ccccc2)[C@@H]1OCc1ccccc1)c1ccccc1. The van der Waals surface area contributed by atoms with Gasteiger partial charge >= 0.3 is 5.97 Å². The molecule has 5 rings (SSSR count). The van der Waals surface area contributed by atoms with Gasteiger partial charge in [-0.1, -0.05) is 109 Å². The molecule has 4 aromatic carbocycles. The largest absolute Gasteiger partial charge is 0.454 e. The van der Waals surface area contributed by atoms with E-state index in [0.29, 0.717) is 25.4 Å². The molecule has 39 heavy (non-hydrogen) atoms. The molecule has 4 nitrogen and oxygen atoms in total. The van der Waals surface area contributed by atoms with Crippen LogP contribution < -0.4 is 0 Å². The maximum Gasteiger partial charge on any atom is 0.338 e. The summed E-state index contributed by atoms with van der Waals surface area (Å²) in [4.78, 5) is 13.2. The van der Waals surface area contributed by atoms with E-state index < -0.39 is 6.10 Å². The van der Waals surface area contributed by atoms with Gasteiger partial charge in [0.1, 0.15) is 6.10 Å². The molecular formula is C33H32O4S2. The quantitative estimate of drug-likeness (QED) is 0.170. The smallest absolute Gasteiger partial charge is 0.338 e. The molecule has 1 heterocycles. The van der Waals surface area contributed by atoms with Crippen LogP contribution in [0.1, 0.15) is 27.0 Å². The fourth-order valence-electron chi connectivity index (χ4n) is 4.44. The lowest BCUT2D eigenvalue weighted by Crippen LogP contribution is -2.39. The summed E-state index contributed by atoms with van der Waals surface area (Å²) < 4.78 is 19.0. The van der Waals surface area contributed by atoms with Crippen molar-refractivity contribution in [2.45, 2.75) is 41.0 Å². The molecular weight excluding hydrogens is 524 g/mol. The van der Waals surface area contributed by atoms with Crippen molar-refractivity contribution in [2.24, 2.45) is 0 Å². The first kappa shape index (κ1) is 27.5. The Hall–Kier alpha value is -3.03. The van der Waals surface area contributed by atoms with Gasteiger partial charge in [0.05, 0.1) is 35.2 Å². The van der Waals surface area contributed by atoms with Crippen LogP contribution in [-0.4, -0.2) is 34.6 Å². The molecule has 4 atom stereocenters. The fraction of sp³-hybridized carbons (Fsp3) is 0.242. The van der Waals surface area contributed by atoms with E-state index in [2.05, 4.69) is 48.5 Å². The summed E-state index contributed by atoms with van der Waals surface area (Å²) in [6.07, 6.45) is -0.739. The van der Waals surface area contributed by atoms with Gasteiger partial charge in [-0.3, -0.25) is 0 Å². The Labute approximate surface area is 239 Å². The lowest BCUT2D eigenvalue weighted by Gasteiger charge is -2.26. The van der Waals surface area contributed by atoms with Crippen molar-refractivity contribution >= 4 is 29.5 Å². The number of carbonyl (C=O) groups excluding carboxylic acids is 1. The van der Waals surface area contributed by atoms with Gasteiger partial charge < -0.3 is 14.2 Å². The highest BCUT2D eigenvalue weighted by Crippen LogP contribution is 2.45. The Bertz CT molecular complexity index is 1270. The number of hydrogen-bond acceptors (Lipinski definition) is 6. The minimum atomic E-state index is -0.426. The van der Waals surface area contributed by atoms with Gasteiger partial charge in [0, 0.05) is 5.75 Å². The number of ether oxygens (including phenoxy) is 3. The van der Waals surface area contributed by atoms with E-state index in [9.17, 15) is 4.79 Å². The molecule has 200 valence electrons. The number of carbonyl (C=O) groups is 1. The van der Waals surface area contributed by atoms with Gasteiger partial charge in [0.15, 0.2) is 6.10 Å². The van der Waals surface area contributed by atoms with Crippen LogP contribution in [0, 0.1) is 0 Å². The highest BCUT2D eigenvalue weighted by molar-refractivity contribution is 8.17. The minimum Gasteiger partial charge on any atom is -0.454 e. The highest BCUT2D eigenvalue weighted by atomic mass is 32.2. The van der Waals surface area contributed by atoms with Crippen molar-refractivity contribution in [2.75, 3.05) is 6.61 Å². The zero-order valence-corrected chi connectivity index (χ0v) is 23.3. The van der Waals surface area contributed by atoms with Crippen LogP contribution in [0.25, 0.3) is 0 Å². The maximum absolute atomic E-state index is 13.2. The van der Waals surface area contributed by atoms with Crippen molar-refractivity contribution in [3.05, 3.63) is 144 Å². The van der Waals surface area contributed by atoms with Gasteiger partial charge in [0.25, 0.3) is 0 Å².